The summed E-state index contributed by atoms with van der Waals surface area (Å²) in [6, 6.07) is -0.370. The minimum atomic E-state index is -0.723. The van der Waals surface area contributed by atoms with Crippen molar-refractivity contribution in [2.75, 3.05) is 6.54 Å². The van der Waals surface area contributed by atoms with Crippen LogP contribution in [0.15, 0.2) is 0 Å². The van der Waals surface area contributed by atoms with Gasteiger partial charge in [0.25, 0.3) is 0 Å². The average Bonchev–Trinajstić information content (AvgIpc) is 2.90. The van der Waals surface area contributed by atoms with Gasteiger partial charge < -0.3 is 10.4 Å². The maximum absolute atomic E-state index is 11.1. The molecular formula is C12H19N5O2. The fourth-order valence-corrected chi connectivity index (χ4v) is 3.56. The van der Waals surface area contributed by atoms with Crippen molar-refractivity contribution < 1.29 is 9.90 Å². The van der Waals surface area contributed by atoms with Crippen molar-refractivity contribution in [3.8, 4) is 0 Å². The first-order valence-electron chi connectivity index (χ1n) is 6.91. The van der Waals surface area contributed by atoms with E-state index in [1.165, 1.54) is 12.8 Å². The highest BCUT2D eigenvalue weighted by Gasteiger charge is 2.37. The Morgan fingerprint density at radius 1 is 1.32 bits per heavy atom. The number of tetrazole rings is 1. The van der Waals surface area contributed by atoms with Crippen molar-refractivity contribution in [3.63, 3.8) is 0 Å². The Bertz CT molecular complexity index is 435. The number of aromatic nitrogens is 4. The molecule has 0 aromatic carbocycles. The maximum Gasteiger partial charge on any atom is 0.320 e. The van der Waals surface area contributed by atoms with Crippen LogP contribution in [0.5, 0.6) is 0 Å². The predicted molar refractivity (Wildman–Crippen MR) is 66.2 cm³/mol. The highest BCUT2D eigenvalue weighted by Crippen LogP contribution is 2.39. The minimum Gasteiger partial charge on any atom is -0.480 e. The first kappa shape index (κ1) is 12.5. The summed E-state index contributed by atoms with van der Waals surface area (Å²) >= 11 is 0. The number of hydrogen-bond donors (Lipinski definition) is 3. The van der Waals surface area contributed by atoms with Crippen molar-refractivity contribution in [3.05, 3.63) is 5.82 Å². The molecule has 0 spiro atoms. The summed E-state index contributed by atoms with van der Waals surface area (Å²) in [7, 11) is 0. The molecule has 0 amide bonds. The molecule has 2 aliphatic rings. The van der Waals surface area contributed by atoms with Gasteiger partial charge in [0.15, 0.2) is 5.82 Å². The molecule has 2 fully saturated rings. The zero-order valence-electron chi connectivity index (χ0n) is 10.7. The summed E-state index contributed by atoms with van der Waals surface area (Å²) in [5.41, 5.74) is 0. The number of H-pyrrole nitrogens is 1. The van der Waals surface area contributed by atoms with Crippen molar-refractivity contribution in [2.45, 2.75) is 38.1 Å². The van der Waals surface area contributed by atoms with Gasteiger partial charge in [-0.1, -0.05) is 5.21 Å². The van der Waals surface area contributed by atoms with Crippen LogP contribution in [-0.4, -0.2) is 44.3 Å². The van der Waals surface area contributed by atoms with Gasteiger partial charge in [-0.05, 0) is 50.0 Å². The summed E-state index contributed by atoms with van der Waals surface area (Å²) in [6.45, 7) is 0.844. The van der Waals surface area contributed by atoms with Gasteiger partial charge in [0, 0.05) is 6.42 Å². The zero-order valence-corrected chi connectivity index (χ0v) is 10.7. The van der Waals surface area contributed by atoms with Gasteiger partial charge >= 0.3 is 5.97 Å². The van der Waals surface area contributed by atoms with E-state index < -0.39 is 5.97 Å². The predicted octanol–water partition coefficient (Wildman–Crippen LogP) is 0.221. The molecule has 19 heavy (non-hydrogen) atoms. The fraction of sp³-hybridized carbons (Fsp3) is 0.833. The van der Waals surface area contributed by atoms with Crippen LogP contribution in [0.4, 0.5) is 0 Å². The molecule has 7 nitrogen and oxygen atoms in total. The molecule has 3 N–H and O–H groups in total. The summed E-state index contributed by atoms with van der Waals surface area (Å²) in [5, 5.41) is 26.3. The highest BCUT2D eigenvalue weighted by molar-refractivity contribution is 5.73. The van der Waals surface area contributed by atoms with Gasteiger partial charge in [-0.3, -0.25) is 4.79 Å². The molecule has 3 rings (SSSR count). The lowest BCUT2D eigenvalue weighted by atomic mass is 9.69. The molecule has 1 saturated heterocycles. The van der Waals surface area contributed by atoms with E-state index in [2.05, 4.69) is 25.9 Å². The molecule has 0 bridgehead atoms. The van der Waals surface area contributed by atoms with Gasteiger partial charge in [-0.25, -0.2) is 0 Å². The molecule has 1 aromatic heterocycles. The lowest BCUT2D eigenvalue weighted by molar-refractivity contribution is -0.141. The number of carboxylic acids is 1. The number of rotatable bonds is 3. The van der Waals surface area contributed by atoms with Crippen molar-refractivity contribution in [1.29, 1.82) is 0 Å². The molecule has 1 aliphatic carbocycles. The molecule has 7 heteroatoms. The van der Waals surface area contributed by atoms with E-state index in [1.54, 1.807) is 0 Å². The molecule has 0 radical (unpaired) electrons. The number of carbonyl (C=O) groups is 1. The Kier molecular flexibility index (Phi) is 3.46. The van der Waals surface area contributed by atoms with Gasteiger partial charge in [0.05, 0.1) is 0 Å². The second-order valence-corrected chi connectivity index (χ2v) is 5.77. The van der Waals surface area contributed by atoms with E-state index >= 15 is 0 Å². The Hall–Kier alpha value is -1.50. The maximum atomic E-state index is 11.1. The summed E-state index contributed by atoms with van der Waals surface area (Å²) in [5.74, 6) is 1.77. The fourth-order valence-electron chi connectivity index (χ4n) is 3.56. The largest absolute Gasteiger partial charge is 0.480 e. The van der Waals surface area contributed by atoms with Gasteiger partial charge in [-0.2, -0.15) is 5.21 Å². The second kappa shape index (κ2) is 5.24. The lowest BCUT2D eigenvalue weighted by Gasteiger charge is -2.41. The van der Waals surface area contributed by atoms with Crippen LogP contribution in [0.25, 0.3) is 0 Å². The topological polar surface area (TPSA) is 104 Å². The Balaban J connectivity index is 1.59. The third-order valence-electron chi connectivity index (χ3n) is 4.57. The lowest BCUT2D eigenvalue weighted by Crippen LogP contribution is -2.49. The molecule has 1 aliphatic heterocycles. The molecular weight excluding hydrogens is 246 g/mol. The molecule has 104 valence electrons. The number of fused-ring (bicyclic) bond motifs is 1. The van der Waals surface area contributed by atoms with Crippen LogP contribution < -0.4 is 5.32 Å². The Morgan fingerprint density at radius 2 is 2.21 bits per heavy atom. The van der Waals surface area contributed by atoms with Crippen molar-refractivity contribution in [2.24, 2.45) is 17.8 Å². The van der Waals surface area contributed by atoms with E-state index in [1.807, 2.05) is 0 Å². The highest BCUT2D eigenvalue weighted by atomic mass is 16.4. The van der Waals surface area contributed by atoms with Crippen LogP contribution in [0, 0.1) is 17.8 Å². The average molecular weight is 265 g/mol. The van der Waals surface area contributed by atoms with Crippen LogP contribution in [0.2, 0.25) is 0 Å². The summed E-state index contributed by atoms with van der Waals surface area (Å²) < 4.78 is 0. The second-order valence-electron chi connectivity index (χ2n) is 5.77. The number of aliphatic carboxylic acids is 1. The smallest absolute Gasteiger partial charge is 0.320 e. The number of piperidine rings is 1. The van der Waals surface area contributed by atoms with E-state index in [0.29, 0.717) is 17.8 Å². The van der Waals surface area contributed by atoms with Crippen LogP contribution in [0.1, 0.15) is 31.5 Å². The molecule has 1 saturated carbocycles. The summed E-state index contributed by atoms with van der Waals surface area (Å²) in [4.78, 5) is 11.1. The van der Waals surface area contributed by atoms with Crippen LogP contribution in [-0.2, 0) is 11.2 Å². The number of hydrogen-bond acceptors (Lipinski definition) is 5. The van der Waals surface area contributed by atoms with Crippen molar-refractivity contribution in [1.82, 2.24) is 25.9 Å². The van der Waals surface area contributed by atoms with Gasteiger partial charge in [-0.15, -0.1) is 10.2 Å². The van der Waals surface area contributed by atoms with E-state index in [-0.39, 0.29) is 6.04 Å². The quantitative estimate of drug-likeness (QED) is 0.722. The first-order chi connectivity index (χ1) is 9.22. The first-order valence-corrected chi connectivity index (χ1v) is 6.91. The van der Waals surface area contributed by atoms with E-state index in [9.17, 15) is 4.79 Å². The molecule has 1 aromatic rings. The standard InChI is InChI=1S/C12H19N5O2/c18-12(19)10-5-9-3-7(1-2-8(9)6-13-10)4-11-14-16-17-15-11/h7-10,13H,1-6H2,(H,18,19)(H,14,15,16,17)/t7-,8+,9-,10+/m0/s1. The van der Waals surface area contributed by atoms with E-state index in [4.69, 9.17) is 5.11 Å². The van der Waals surface area contributed by atoms with Crippen LogP contribution >= 0.6 is 0 Å². The molecule has 0 unspecified atom stereocenters. The van der Waals surface area contributed by atoms with Crippen LogP contribution in [0.3, 0.4) is 0 Å². The summed E-state index contributed by atoms with van der Waals surface area (Å²) in [6.07, 6.45) is 5.04. The van der Waals surface area contributed by atoms with E-state index in [0.717, 1.165) is 31.6 Å². The van der Waals surface area contributed by atoms with Gasteiger partial charge in [0.1, 0.15) is 6.04 Å². The van der Waals surface area contributed by atoms with Gasteiger partial charge in [0.2, 0.25) is 0 Å². The zero-order chi connectivity index (χ0) is 13.2. The monoisotopic (exact) mass is 265 g/mol. The Morgan fingerprint density at radius 3 is 2.95 bits per heavy atom. The minimum absolute atomic E-state index is 0.370. The Labute approximate surface area is 111 Å². The van der Waals surface area contributed by atoms with Crippen molar-refractivity contribution >= 4 is 5.97 Å². The number of carboxylic acid groups (broad SMARTS) is 1. The number of nitrogens with zero attached hydrogens (tertiary/aromatic N) is 3. The SMILES string of the molecule is O=C(O)[C@H]1C[C@@H]2C[C@@H](Cc3nn[nH]n3)CC[C@@H]2CN1. The number of nitrogens with one attached hydrogen (secondary N) is 2. The number of aromatic amines is 1. The normalized spacial score (nSPS) is 34.7. The molecule has 4 atom stereocenters. The third-order valence-corrected chi connectivity index (χ3v) is 4.57. The third kappa shape index (κ3) is 2.75. The molecule has 2 heterocycles.